The van der Waals surface area contributed by atoms with Crippen molar-refractivity contribution in [2.75, 3.05) is 25.1 Å². The minimum atomic E-state index is -2.91. The first-order chi connectivity index (χ1) is 8.07. The molecule has 0 aromatic heterocycles. The second-order valence-corrected chi connectivity index (χ2v) is 6.49. The second-order valence-electron chi connectivity index (χ2n) is 4.02. The van der Waals surface area contributed by atoms with Crippen LogP contribution in [-0.2, 0) is 9.84 Å². The van der Waals surface area contributed by atoms with Gasteiger partial charge in [-0.3, -0.25) is 4.99 Å². The van der Waals surface area contributed by atoms with Crippen molar-refractivity contribution in [3.8, 4) is 0 Å². The van der Waals surface area contributed by atoms with Gasteiger partial charge in [0.15, 0.2) is 15.8 Å². The molecule has 0 saturated heterocycles. The third-order valence-corrected chi connectivity index (χ3v) is 4.42. The minimum Gasteiger partial charge on any atom is -0.355 e. The Hall–Kier alpha value is -0.310. The maximum atomic E-state index is 11.3. The van der Waals surface area contributed by atoms with Gasteiger partial charge in [-0.15, -0.1) is 24.0 Å². The van der Waals surface area contributed by atoms with Gasteiger partial charge >= 0.3 is 0 Å². The summed E-state index contributed by atoms with van der Waals surface area (Å²) in [7, 11) is -1.22. The van der Waals surface area contributed by atoms with Gasteiger partial charge in [0.25, 0.3) is 0 Å². The Morgan fingerprint density at radius 3 is 2.50 bits per heavy atom. The highest BCUT2D eigenvalue weighted by molar-refractivity contribution is 14.0. The Kier molecular flexibility index (Phi) is 8.58. The van der Waals surface area contributed by atoms with Gasteiger partial charge < -0.3 is 10.6 Å². The molecule has 0 aromatic rings. The molecule has 7 heteroatoms. The molecule has 1 aliphatic carbocycles. The zero-order valence-corrected chi connectivity index (χ0v) is 14.0. The average molecular weight is 387 g/mol. The van der Waals surface area contributed by atoms with E-state index >= 15 is 0 Å². The molecule has 2 N–H and O–H groups in total. The number of sulfone groups is 1. The zero-order chi connectivity index (χ0) is 12.7. The Morgan fingerprint density at radius 1 is 1.39 bits per heavy atom. The summed E-state index contributed by atoms with van der Waals surface area (Å²) in [6.45, 7) is 2.06. The van der Waals surface area contributed by atoms with Crippen LogP contribution in [0.2, 0.25) is 0 Å². The van der Waals surface area contributed by atoms with Crippen molar-refractivity contribution < 1.29 is 8.42 Å². The third-order valence-electron chi connectivity index (χ3n) is 2.72. The molecular weight excluding hydrogens is 365 g/mol. The Balaban J connectivity index is 0.00000289. The molecule has 0 aromatic carbocycles. The maximum Gasteiger partial charge on any atom is 0.191 e. The molecule has 5 nitrogen and oxygen atoms in total. The van der Waals surface area contributed by atoms with E-state index in [4.69, 9.17) is 0 Å². The molecule has 0 unspecified atom stereocenters. The normalized spacial score (nSPS) is 16.4. The number of hydrogen-bond donors (Lipinski definition) is 2. The summed E-state index contributed by atoms with van der Waals surface area (Å²) in [5.41, 5.74) is 0. The predicted molar refractivity (Wildman–Crippen MR) is 86.4 cm³/mol. The molecule has 0 heterocycles. The van der Waals surface area contributed by atoms with Crippen LogP contribution >= 0.6 is 24.0 Å². The molecule has 18 heavy (non-hydrogen) atoms. The lowest BCUT2D eigenvalue weighted by Crippen LogP contribution is -2.44. The van der Waals surface area contributed by atoms with Crippen molar-refractivity contribution in [1.82, 2.24) is 10.6 Å². The fourth-order valence-corrected chi connectivity index (χ4v) is 2.29. The molecule has 0 radical (unpaired) electrons. The van der Waals surface area contributed by atoms with E-state index in [9.17, 15) is 8.42 Å². The van der Waals surface area contributed by atoms with E-state index in [0.29, 0.717) is 18.5 Å². The first-order valence-electron chi connectivity index (χ1n) is 5.90. The number of guanidine groups is 1. The average Bonchev–Trinajstić information content (AvgIpc) is 2.80. The van der Waals surface area contributed by atoms with Gasteiger partial charge in [-0.2, -0.15) is 0 Å². The van der Waals surface area contributed by atoms with Gasteiger partial charge in [0.05, 0.1) is 5.75 Å². The van der Waals surface area contributed by atoms with E-state index in [1.54, 1.807) is 14.0 Å². The Morgan fingerprint density at radius 2 is 2.00 bits per heavy atom. The number of nitrogens with zero attached hydrogens (tertiary/aromatic N) is 1. The maximum absolute atomic E-state index is 11.3. The van der Waals surface area contributed by atoms with Gasteiger partial charge in [0, 0.05) is 25.4 Å². The third kappa shape index (κ3) is 6.58. The SMILES string of the molecule is CCS(=O)(=O)CCNC(=NC)NC1CC=CC1.I. The molecule has 0 spiro atoms. The van der Waals surface area contributed by atoms with Crippen LogP contribution in [-0.4, -0.2) is 45.5 Å². The molecule has 0 bridgehead atoms. The van der Waals surface area contributed by atoms with Crippen LogP contribution in [0.25, 0.3) is 0 Å². The van der Waals surface area contributed by atoms with Crippen LogP contribution in [0.4, 0.5) is 0 Å². The molecule has 0 atom stereocenters. The van der Waals surface area contributed by atoms with Crippen LogP contribution in [0.5, 0.6) is 0 Å². The highest BCUT2D eigenvalue weighted by Crippen LogP contribution is 2.08. The van der Waals surface area contributed by atoms with Gasteiger partial charge in [-0.05, 0) is 12.8 Å². The van der Waals surface area contributed by atoms with Crippen molar-refractivity contribution in [3.63, 3.8) is 0 Å². The fourth-order valence-electron chi connectivity index (χ4n) is 1.59. The molecule has 1 rings (SSSR count). The highest BCUT2D eigenvalue weighted by atomic mass is 127. The predicted octanol–water partition coefficient (Wildman–Crippen LogP) is 0.923. The smallest absolute Gasteiger partial charge is 0.191 e. The van der Waals surface area contributed by atoms with Crippen molar-refractivity contribution in [2.45, 2.75) is 25.8 Å². The second kappa shape index (κ2) is 8.73. The monoisotopic (exact) mass is 387 g/mol. The van der Waals surface area contributed by atoms with Crippen LogP contribution in [0.3, 0.4) is 0 Å². The van der Waals surface area contributed by atoms with Gasteiger partial charge in [-0.25, -0.2) is 8.42 Å². The summed E-state index contributed by atoms with van der Waals surface area (Å²) in [5, 5.41) is 6.27. The van der Waals surface area contributed by atoms with E-state index in [-0.39, 0.29) is 35.5 Å². The lowest BCUT2D eigenvalue weighted by atomic mass is 10.2. The first kappa shape index (κ1) is 17.7. The summed E-state index contributed by atoms with van der Waals surface area (Å²) in [4.78, 5) is 4.07. The van der Waals surface area contributed by atoms with Crippen molar-refractivity contribution in [3.05, 3.63) is 12.2 Å². The number of rotatable bonds is 5. The fraction of sp³-hybridized carbons (Fsp3) is 0.727. The van der Waals surface area contributed by atoms with Crippen molar-refractivity contribution in [1.29, 1.82) is 0 Å². The molecule has 1 aliphatic rings. The van der Waals surface area contributed by atoms with Gasteiger partial charge in [-0.1, -0.05) is 19.1 Å². The van der Waals surface area contributed by atoms with Crippen molar-refractivity contribution >= 4 is 39.8 Å². The van der Waals surface area contributed by atoms with Crippen molar-refractivity contribution in [2.24, 2.45) is 4.99 Å². The van der Waals surface area contributed by atoms with E-state index in [0.717, 1.165) is 12.8 Å². The Labute approximate surface area is 126 Å². The van der Waals surface area contributed by atoms with Crippen LogP contribution in [0.1, 0.15) is 19.8 Å². The number of halogens is 1. The Bertz CT molecular complexity index is 385. The molecule has 0 aliphatic heterocycles. The van der Waals surface area contributed by atoms with Gasteiger partial charge in [0.2, 0.25) is 0 Å². The lowest BCUT2D eigenvalue weighted by molar-refractivity contribution is 0.594. The van der Waals surface area contributed by atoms with Crippen LogP contribution in [0, 0.1) is 0 Å². The number of aliphatic imine (C=N–C) groups is 1. The first-order valence-corrected chi connectivity index (χ1v) is 7.72. The molecule has 0 amide bonds. The summed E-state index contributed by atoms with van der Waals surface area (Å²) >= 11 is 0. The minimum absolute atomic E-state index is 0. The van der Waals surface area contributed by atoms with E-state index in [2.05, 4.69) is 27.8 Å². The van der Waals surface area contributed by atoms with E-state index in [1.165, 1.54) is 0 Å². The standard InChI is InChI=1S/C11H21N3O2S.HI/c1-3-17(15,16)9-8-13-11(12-2)14-10-6-4-5-7-10;/h4-5,10H,3,6-9H2,1-2H3,(H2,12,13,14);1H. The summed E-state index contributed by atoms with van der Waals surface area (Å²) in [5.74, 6) is 1.01. The quantitative estimate of drug-likeness (QED) is 0.319. The largest absolute Gasteiger partial charge is 0.355 e. The van der Waals surface area contributed by atoms with Gasteiger partial charge in [0.1, 0.15) is 0 Å². The number of hydrogen-bond acceptors (Lipinski definition) is 3. The molecule has 0 saturated carbocycles. The molecule has 106 valence electrons. The molecule has 0 fully saturated rings. The molecular formula is C11H22IN3O2S. The lowest BCUT2D eigenvalue weighted by Gasteiger charge is -2.16. The summed E-state index contributed by atoms with van der Waals surface area (Å²) in [6, 6.07) is 0.379. The topological polar surface area (TPSA) is 70.6 Å². The van der Waals surface area contributed by atoms with Crippen LogP contribution < -0.4 is 10.6 Å². The summed E-state index contributed by atoms with van der Waals surface area (Å²) < 4.78 is 22.6. The van der Waals surface area contributed by atoms with Crippen LogP contribution in [0.15, 0.2) is 17.1 Å². The highest BCUT2D eigenvalue weighted by Gasteiger charge is 2.12. The van der Waals surface area contributed by atoms with E-state index < -0.39 is 9.84 Å². The zero-order valence-electron chi connectivity index (χ0n) is 10.8. The summed E-state index contributed by atoms with van der Waals surface area (Å²) in [6.07, 6.45) is 6.25. The van der Waals surface area contributed by atoms with E-state index in [1.807, 2.05) is 0 Å². The number of nitrogens with one attached hydrogen (secondary N) is 2.